The lowest BCUT2D eigenvalue weighted by atomic mass is 10.1. The van der Waals surface area contributed by atoms with E-state index in [1.165, 1.54) is 6.42 Å². The van der Waals surface area contributed by atoms with Gasteiger partial charge in [0.15, 0.2) is 0 Å². The van der Waals surface area contributed by atoms with E-state index in [0.717, 1.165) is 19.1 Å². The molecular formula is C17H40O3. The molecule has 0 saturated carbocycles. The quantitative estimate of drug-likeness (QED) is 0.684. The van der Waals surface area contributed by atoms with Crippen molar-refractivity contribution in [3.05, 3.63) is 0 Å². The van der Waals surface area contributed by atoms with Gasteiger partial charge in [0.25, 0.3) is 0 Å². The topological polar surface area (TPSA) is 27.7 Å². The Bertz CT molecular complexity index is 156. The molecule has 0 aromatic carbocycles. The fraction of sp³-hybridized carbons (Fsp3) is 1.00. The third-order valence-corrected chi connectivity index (χ3v) is 2.71. The molecule has 0 rings (SSSR count). The van der Waals surface area contributed by atoms with Crippen LogP contribution < -0.4 is 0 Å². The van der Waals surface area contributed by atoms with Crippen LogP contribution in [0.25, 0.3) is 0 Å². The summed E-state index contributed by atoms with van der Waals surface area (Å²) >= 11 is 0. The van der Waals surface area contributed by atoms with Gasteiger partial charge in [-0.05, 0) is 31.1 Å². The molecule has 126 valence electrons. The van der Waals surface area contributed by atoms with Crippen molar-refractivity contribution in [3.8, 4) is 0 Å². The second-order valence-electron chi connectivity index (χ2n) is 6.21. The number of hydrogen-bond donors (Lipinski definition) is 0. The van der Waals surface area contributed by atoms with Gasteiger partial charge in [0.1, 0.15) is 0 Å². The molecule has 0 saturated heterocycles. The van der Waals surface area contributed by atoms with Crippen LogP contribution in [-0.4, -0.2) is 40.6 Å². The van der Waals surface area contributed by atoms with Crippen LogP contribution in [-0.2, 0) is 14.2 Å². The fourth-order valence-corrected chi connectivity index (χ4v) is 0.959. The Morgan fingerprint density at radius 2 is 1.20 bits per heavy atom. The lowest BCUT2D eigenvalue weighted by molar-refractivity contribution is 0.0805. The van der Waals surface area contributed by atoms with Gasteiger partial charge in [-0.25, -0.2) is 0 Å². The smallest absolute Gasteiger partial charge is 0.0566 e. The molecule has 0 aliphatic rings. The van der Waals surface area contributed by atoms with Crippen LogP contribution in [0.3, 0.4) is 0 Å². The van der Waals surface area contributed by atoms with E-state index in [0.29, 0.717) is 17.9 Å². The summed E-state index contributed by atoms with van der Waals surface area (Å²) in [6.07, 6.45) is 1.58. The van der Waals surface area contributed by atoms with Gasteiger partial charge in [0.2, 0.25) is 0 Å². The molecule has 0 N–H and O–H groups in total. The first kappa shape index (κ1) is 24.9. The van der Waals surface area contributed by atoms with Crippen molar-refractivity contribution in [3.63, 3.8) is 0 Å². The lowest BCUT2D eigenvalue weighted by Gasteiger charge is -2.11. The van der Waals surface area contributed by atoms with Gasteiger partial charge in [-0.1, -0.05) is 41.5 Å². The summed E-state index contributed by atoms with van der Waals surface area (Å²) < 4.78 is 14.7. The summed E-state index contributed by atoms with van der Waals surface area (Å²) in [4.78, 5) is 0. The highest BCUT2D eigenvalue weighted by atomic mass is 16.5. The molecule has 0 bridgehead atoms. The molecule has 3 heteroatoms. The zero-order chi connectivity index (χ0) is 16.6. The summed E-state index contributed by atoms with van der Waals surface area (Å²) in [5.74, 6) is 2.10. The second kappa shape index (κ2) is 18.9. The molecule has 0 aliphatic carbocycles. The van der Waals surface area contributed by atoms with Crippen LogP contribution in [0.1, 0.15) is 54.9 Å². The Kier molecular flexibility index (Phi) is 23.5. The Hall–Kier alpha value is -0.120. The molecule has 0 aromatic heterocycles. The maximum absolute atomic E-state index is 5.01. The molecule has 0 radical (unpaired) electrons. The fourth-order valence-electron chi connectivity index (χ4n) is 0.959. The Morgan fingerprint density at radius 1 is 0.700 bits per heavy atom. The van der Waals surface area contributed by atoms with Gasteiger partial charge < -0.3 is 14.2 Å². The highest BCUT2D eigenvalue weighted by Gasteiger charge is 2.01. The minimum Gasteiger partial charge on any atom is -0.385 e. The van der Waals surface area contributed by atoms with Crippen LogP contribution in [0.2, 0.25) is 0 Å². The van der Waals surface area contributed by atoms with Gasteiger partial charge in [-0.3, -0.25) is 0 Å². The first-order valence-electron chi connectivity index (χ1n) is 7.73. The van der Waals surface area contributed by atoms with Crippen LogP contribution in [0.4, 0.5) is 0 Å². The molecular weight excluding hydrogens is 252 g/mol. The molecule has 0 fully saturated rings. The maximum Gasteiger partial charge on any atom is 0.0566 e. The summed E-state index contributed by atoms with van der Waals surface area (Å²) in [6, 6.07) is 0. The third kappa shape index (κ3) is 30.7. The number of methoxy groups -OCH3 is 3. The van der Waals surface area contributed by atoms with Gasteiger partial charge in [0, 0.05) is 34.5 Å². The van der Waals surface area contributed by atoms with Crippen molar-refractivity contribution < 1.29 is 14.2 Å². The third-order valence-electron chi connectivity index (χ3n) is 2.71. The highest BCUT2D eigenvalue weighted by Crippen LogP contribution is 2.01. The lowest BCUT2D eigenvalue weighted by Crippen LogP contribution is -2.11. The molecule has 20 heavy (non-hydrogen) atoms. The summed E-state index contributed by atoms with van der Waals surface area (Å²) in [6.45, 7) is 16.8. The van der Waals surface area contributed by atoms with Crippen molar-refractivity contribution in [2.24, 2.45) is 17.8 Å². The van der Waals surface area contributed by atoms with E-state index in [9.17, 15) is 0 Å². The average Bonchev–Trinajstić information content (AvgIpc) is 2.36. The van der Waals surface area contributed by atoms with E-state index in [2.05, 4.69) is 48.5 Å². The molecule has 0 heterocycles. The average molecular weight is 293 g/mol. The normalized spacial score (nSPS) is 11.8. The van der Waals surface area contributed by atoms with Crippen molar-refractivity contribution in [2.75, 3.05) is 34.5 Å². The minimum atomic E-state index is 0.403. The van der Waals surface area contributed by atoms with Crippen molar-refractivity contribution >= 4 is 0 Å². The number of ether oxygens (including phenoxy) is 3. The first-order chi connectivity index (χ1) is 9.22. The molecule has 1 unspecified atom stereocenters. The van der Waals surface area contributed by atoms with Gasteiger partial charge in [-0.15, -0.1) is 0 Å². The van der Waals surface area contributed by atoms with Crippen LogP contribution in [0.5, 0.6) is 0 Å². The van der Waals surface area contributed by atoms with E-state index in [1.54, 1.807) is 21.3 Å². The van der Waals surface area contributed by atoms with E-state index in [1.807, 2.05) is 0 Å². The minimum absolute atomic E-state index is 0.403. The molecule has 0 amide bonds. The second-order valence-corrected chi connectivity index (χ2v) is 6.21. The van der Waals surface area contributed by atoms with E-state index >= 15 is 0 Å². The molecule has 0 aromatic rings. The van der Waals surface area contributed by atoms with Gasteiger partial charge >= 0.3 is 0 Å². The molecule has 1 atom stereocenters. The van der Waals surface area contributed by atoms with Crippen LogP contribution in [0.15, 0.2) is 0 Å². The standard InChI is InChI=1S/2C6H14O.C5H12O/c1-6(2)4-5-7-3;1-5(2)6(3)7-4;1-5(2)4-6-3/h6H,4-5H2,1-3H3;5-6H,1-4H3;5H,4H2,1-3H3. The number of hydrogen-bond acceptors (Lipinski definition) is 3. The predicted octanol–water partition coefficient (Wildman–Crippen LogP) is 4.65. The Labute approximate surface area is 128 Å². The molecule has 0 aliphatic heterocycles. The highest BCUT2D eigenvalue weighted by molar-refractivity contribution is 4.51. The number of rotatable bonds is 7. The van der Waals surface area contributed by atoms with Crippen molar-refractivity contribution in [1.82, 2.24) is 0 Å². The monoisotopic (exact) mass is 292 g/mol. The van der Waals surface area contributed by atoms with Crippen LogP contribution >= 0.6 is 0 Å². The Morgan fingerprint density at radius 3 is 1.25 bits per heavy atom. The van der Waals surface area contributed by atoms with Crippen molar-refractivity contribution in [2.45, 2.75) is 61.0 Å². The van der Waals surface area contributed by atoms with Crippen molar-refractivity contribution in [1.29, 1.82) is 0 Å². The van der Waals surface area contributed by atoms with Gasteiger partial charge in [-0.2, -0.15) is 0 Å². The van der Waals surface area contributed by atoms with E-state index in [-0.39, 0.29) is 0 Å². The molecule has 3 nitrogen and oxygen atoms in total. The zero-order valence-corrected chi connectivity index (χ0v) is 15.7. The van der Waals surface area contributed by atoms with Crippen LogP contribution in [0, 0.1) is 17.8 Å². The first-order valence-corrected chi connectivity index (χ1v) is 7.73. The molecule has 0 spiro atoms. The summed E-state index contributed by atoms with van der Waals surface area (Å²) in [5.41, 5.74) is 0. The summed E-state index contributed by atoms with van der Waals surface area (Å²) in [5, 5.41) is 0. The zero-order valence-electron chi connectivity index (χ0n) is 15.7. The van der Waals surface area contributed by atoms with Gasteiger partial charge in [0.05, 0.1) is 6.10 Å². The SMILES string of the molecule is COC(C)C(C)C.COCC(C)C.COCCC(C)C. The van der Waals surface area contributed by atoms with E-state index in [4.69, 9.17) is 14.2 Å². The maximum atomic E-state index is 5.01. The Balaban J connectivity index is -0.000000218. The predicted molar refractivity (Wildman–Crippen MR) is 89.4 cm³/mol. The van der Waals surface area contributed by atoms with E-state index < -0.39 is 0 Å². The summed E-state index contributed by atoms with van der Waals surface area (Å²) in [7, 11) is 5.20. The largest absolute Gasteiger partial charge is 0.385 e.